The fourth-order valence-corrected chi connectivity index (χ4v) is 4.48. The lowest BCUT2D eigenvalue weighted by Crippen LogP contribution is -2.43. The molecule has 2 aromatic carbocycles. The van der Waals surface area contributed by atoms with Crippen molar-refractivity contribution in [3.63, 3.8) is 0 Å². The third-order valence-electron chi connectivity index (χ3n) is 5.13. The zero-order chi connectivity index (χ0) is 22.8. The average Bonchev–Trinajstić information content (AvgIpc) is 2.72. The van der Waals surface area contributed by atoms with Crippen LogP contribution in [-0.2, 0) is 11.3 Å². The summed E-state index contributed by atoms with van der Waals surface area (Å²) in [6.07, 6.45) is 1.78. The summed E-state index contributed by atoms with van der Waals surface area (Å²) in [6, 6.07) is 13.2. The van der Waals surface area contributed by atoms with Gasteiger partial charge in [0.2, 0.25) is 0 Å². The fraction of sp³-hybridized carbons (Fsp3) is 0.333. The SMILES string of the molecule is CCOC(=O)c1ccc2c(c1)C(c1ccc(OC(=O)N(C)C)cc1)=CN([Si](C)(C)C)C2. The maximum atomic E-state index is 12.3. The van der Waals surface area contributed by atoms with Gasteiger partial charge in [0.05, 0.1) is 12.2 Å². The number of ether oxygens (including phenoxy) is 2. The number of hydrogen-bond acceptors (Lipinski definition) is 5. The number of carbonyl (C=O) groups excluding carboxylic acids is 2. The topological polar surface area (TPSA) is 59.1 Å². The predicted octanol–water partition coefficient (Wildman–Crippen LogP) is 4.96. The van der Waals surface area contributed by atoms with Crippen LogP contribution >= 0.6 is 0 Å². The minimum absolute atomic E-state index is 0.316. The first-order valence-corrected chi connectivity index (χ1v) is 13.8. The van der Waals surface area contributed by atoms with Gasteiger partial charge < -0.3 is 18.9 Å². The van der Waals surface area contributed by atoms with Gasteiger partial charge in [0.1, 0.15) is 14.0 Å². The first-order valence-electron chi connectivity index (χ1n) is 10.4. The van der Waals surface area contributed by atoms with Crippen molar-refractivity contribution in [1.82, 2.24) is 9.47 Å². The van der Waals surface area contributed by atoms with Gasteiger partial charge in [-0.25, -0.2) is 9.59 Å². The van der Waals surface area contributed by atoms with E-state index < -0.39 is 14.3 Å². The Labute approximate surface area is 185 Å². The molecular weight excluding hydrogens is 408 g/mol. The van der Waals surface area contributed by atoms with E-state index in [-0.39, 0.29) is 5.97 Å². The quantitative estimate of drug-likeness (QED) is 0.488. The molecule has 0 spiro atoms. The Balaban J connectivity index is 2.02. The lowest BCUT2D eigenvalue weighted by atomic mass is 9.91. The van der Waals surface area contributed by atoms with Crippen LogP contribution in [0.5, 0.6) is 5.75 Å². The van der Waals surface area contributed by atoms with Gasteiger partial charge in [-0.3, -0.25) is 0 Å². The second kappa shape index (κ2) is 8.97. The molecule has 2 aromatic rings. The number of esters is 1. The Bertz CT molecular complexity index is 1010. The molecule has 1 amide bonds. The third-order valence-corrected chi connectivity index (χ3v) is 7.14. The van der Waals surface area contributed by atoms with Gasteiger partial charge in [0, 0.05) is 26.2 Å². The molecule has 164 valence electrons. The molecule has 0 atom stereocenters. The lowest BCUT2D eigenvalue weighted by Gasteiger charge is -2.38. The van der Waals surface area contributed by atoms with Crippen LogP contribution in [0.1, 0.15) is 34.0 Å². The van der Waals surface area contributed by atoms with Gasteiger partial charge in [-0.2, -0.15) is 0 Å². The predicted molar refractivity (Wildman–Crippen MR) is 125 cm³/mol. The van der Waals surface area contributed by atoms with Gasteiger partial charge in [-0.05, 0) is 54.1 Å². The van der Waals surface area contributed by atoms with Crippen molar-refractivity contribution in [3.05, 3.63) is 70.9 Å². The standard InChI is InChI=1S/C24H30N2O4Si/c1-7-29-23(27)18-8-9-19-15-26(31(4,5)6)16-22(21(19)14-18)17-10-12-20(13-11-17)30-24(28)25(2)3/h8-14,16H,7,15H2,1-6H3. The molecule has 0 bridgehead atoms. The molecule has 3 rings (SSSR count). The second-order valence-corrected chi connectivity index (χ2v) is 13.6. The molecule has 0 unspecified atom stereocenters. The molecule has 0 fully saturated rings. The highest BCUT2D eigenvalue weighted by molar-refractivity contribution is 6.73. The average molecular weight is 439 g/mol. The van der Waals surface area contributed by atoms with Crippen molar-refractivity contribution in [2.45, 2.75) is 33.1 Å². The molecule has 0 radical (unpaired) electrons. The summed E-state index contributed by atoms with van der Waals surface area (Å²) < 4.78 is 13.0. The van der Waals surface area contributed by atoms with Crippen LogP contribution < -0.4 is 4.74 Å². The third kappa shape index (κ3) is 5.17. The Kier molecular flexibility index (Phi) is 6.55. The molecule has 7 heteroatoms. The van der Waals surface area contributed by atoms with Crippen molar-refractivity contribution < 1.29 is 19.1 Å². The van der Waals surface area contributed by atoms with E-state index in [1.165, 1.54) is 10.5 Å². The van der Waals surface area contributed by atoms with E-state index in [1.807, 2.05) is 30.3 Å². The molecule has 1 aliphatic heterocycles. The molecule has 0 saturated carbocycles. The van der Waals surface area contributed by atoms with Crippen LogP contribution in [0.2, 0.25) is 19.6 Å². The fourth-order valence-electron chi connectivity index (χ4n) is 3.32. The van der Waals surface area contributed by atoms with Crippen LogP contribution in [0.4, 0.5) is 4.79 Å². The summed E-state index contributed by atoms with van der Waals surface area (Å²) in [5, 5.41) is 0. The highest BCUT2D eigenvalue weighted by atomic mass is 28.3. The maximum absolute atomic E-state index is 12.3. The van der Waals surface area contributed by atoms with Crippen LogP contribution in [-0.4, -0.2) is 50.5 Å². The monoisotopic (exact) mass is 438 g/mol. The second-order valence-electron chi connectivity index (χ2n) is 8.72. The van der Waals surface area contributed by atoms with Crippen molar-refractivity contribution in [2.24, 2.45) is 0 Å². The number of nitrogens with zero attached hydrogens (tertiary/aromatic N) is 2. The summed E-state index contributed by atoms with van der Waals surface area (Å²) in [7, 11) is 1.69. The summed E-state index contributed by atoms with van der Waals surface area (Å²) in [5.74, 6) is 0.171. The Morgan fingerprint density at radius 3 is 2.32 bits per heavy atom. The van der Waals surface area contributed by atoms with E-state index in [1.54, 1.807) is 33.2 Å². The molecule has 6 nitrogen and oxygen atoms in total. The van der Waals surface area contributed by atoms with Gasteiger partial charge in [0.25, 0.3) is 0 Å². The molecule has 0 aliphatic carbocycles. The van der Waals surface area contributed by atoms with Gasteiger partial charge in [-0.1, -0.05) is 37.8 Å². The zero-order valence-corrected chi connectivity index (χ0v) is 20.1. The molecule has 31 heavy (non-hydrogen) atoms. The summed E-state index contributed by atoms with van der Waals surface area (Å²) in [4.78, 5) is 25.5. The summed E-state index contributed by atoms with van der Waals surface area (Å²) >= 11 is 0. The molecule has 0 saturated heterocycles. The first kappa shape index (κ1) is 22.6. The minimum atomic E-state index is -1.60. The highest BCUT2D eigenvalue weighted by Gasteiger charge is 2.28. The van der Waals surface area contributed by atoms with Crippen molar-refractivity contribution >= 4 is 25.9 Å². The van der Waals surface area contributed by atoms with Crippen LogP contribution in [0.3, 0.4) is 0 Å². The van der Waals surface area contributed by atoms with Gasteiger partial charge >= 0.3 is 12.1 Å². The Morgan fingerprint density at radius 1 is 1.06 bits per heavy atom. The molecule has 0 aromatic heterocycles. The van der Waals surface area contributed by atoms with E-state index in [9.17, 15) is 9.59 Å². The maximum Gasteiger partial charge on any atom is 0.414 e. The Hall–Kier alpha value is -3.06. The molecule has 1 aliphatic rings. The Morgan fingerprint density at radius 2 is 1.74 bits per heavy atom. The van der Waals surface area contributed by atoms with Crippen LogP contribution in [0, 0.1) is 0 Å². The number of hydrogen-bond donors (Lipinski definition) is 0. The van der Waals surface area contributed by atoms with Crippen LogP contribution in [0.25, 0.3) is 5.57 Å². The minimum Gasteiger partial charge on any atom is -0.462 e. The largest absolute Gasteiger partial charge is 0.462 e. The van der Waals surface area contributed by atoms with Gasteiger partial charge in [-0.15, -0.1) is 0 Å². The number of fused-ring (bicyclic) bond motifs is 1. The number of amides is 1. The zero-order valence-electron chi connectivity index (χ0n) is 19.1. The van der Waals surface area contributed by atoms with E-state index in [2.05, 4.69) is 30.4 Å². The first-order chi connectivity index (χ1) is 14.6. The molecule has 1 heterocycles. The lowest BCUT2D eigenvalue weighted by molar-refractivity contribution is 0.0526. The summed E-state index contributed by atoms with van der Waals surface area (Å²) in [5.41, 5.74) is 4.79. The normalized spacial score (nSPS) is 13.2. The number of rotatable bonds is 5. The van der Waals surface area contributed by atoms with Crippen molar-refractivity contribution in [2.75, 3.05) is 20.7 Å². The van der Waals surface area contributed by atoms with E-state index >= 15 is 0 Å². The van der Waals surface area contributed by atoms with E-state index in [0.29, 0.717) is 17.9 Å². The number of carbonyl (C=O) groups is 2. The van der Waals surface area contributed by atoms with Crippen LogP contribution in [0.15, 0.2) is 48.7 Å². The van der Waals surface area contributed by atoms with E-state index in [0.717, 1.165) is 23.2 Å². The number of benzene rings is 2. The van der Waals surface area contributed by atoms with Crippen molar-refractivity contribution in [3.8, 4) is 5.75 Å². The molecule has 0 N–H and O–H groups in total. The van der Waals surface area contributed by atoms with Gasteiger partial charge in [0.15, 0.2) is 0 Å². The van der Waals surface area contributed by atoms with Crippen molar-refractivity contribution in [1.29, 1.82) is 0 Å². The molecular formula is C24H30N2O4Si. The summed E-state index contributed by atoms with van der Waals surface area (Å²) in [6.45, 7) is 9.89. The smallest absolute Gasteiger partial charge is 0.414 e. The van der Waals surface area contributed by atoms with E-state index in [4.69, 9.17) is 9.47 Å². The highest BCUT2D eigenvalue weighted by Crippen LogP contribution is 2.35.